The van der Waals surface area contributed by atoms with Crippen molar-refractivity contribution in [2.75, 3.05) is 0 Å². The molecule has 2 bridgehead atoms. The quantitative estimate of drug-likeness (QED) is 0.518. The number of pyridine rings is 1. The molecule has 10 nitrogen and oxygen atoms in total. The third kappa shape index (κ3) is 4.73. The van der Waals surface area contributed by atoms with Crippen LogP contribution in [0.25, 0.3) is 0 Å². The van der Waals surface area contributed by atoms with Gasteiger partial charge in [0.2, 0.25) is 11.8 Å². The average Bonchev–Trinajstić information content (AvgIpc) is 3.66. The fraction of sp³-hybridized carbons (Fsp3) is 0.615. The highest BCUT2D eigenvalue weighted by atomic mass is 32.2. The Morgan fingerprint density at radius 2 is 1.65 bits per heavy atom. The van der Waals surface area contributed by atoms with E-state index in [4.69, 9.17) is 14.2 Å². The number of hydrogen-bond donors (Lipinski definition) is 0. The number of nitrogens with zero attached hydrogens (tertiary/aromatic N) is 4. The summed E-state index contributed by atoms with van der Waals surface area (Å²) in [6.45, 7) is 3.55. The average molecular weight is 529 g/mol. The highest BCUT2D eigenvalue weighted by Crippen LogP contribution is 2.40. The molecule has 1 amide bonds. The lowest BCUT2D eigenvalue weighted by Crippen LogP contribution is -2.50. The van der Waals surface area contributed by atoms with Gasteiger partial charge in [0.05, 0.1) is 16.5 Å². The molecule has 37 heavy (non-hydrogen) atoms. The Morgan fingerprint density at radius 1 is 0.946 bits per heavy atom. The molecule has 11 heteroatoms. The Balaban J connectivity index is 1.12. The number of carbonyl (C=O) groups is 1. The molecule has 2 saturated heterocycles. The van der Waals surface area contributed by atoms with Gasteiger partial charge >= 0.3 is 6.09 Å². The van der Waals surface area contributed by atoms with E-state index in [0.29, 0.717) is 41.6 Å². The van der Waals surface area contributed by atoms with E-state index in [2.05, 4.69) is 15.0 Å². The number of amides is 1. The predicted octanol–water partition coefficient (Wildman–Crippen LogP) is 4.28. The van der Waals surface area contributed by atoms with Crippen LogP contribution in [0.2, 0.25) is 0 Å². The first kappa shape index (κ1) is 24.4. The maximum absolute atomic E-state index is 12.7. The van der Waals surface area contributed by atoms with E-state index < -0.39 is 9.84 Å². The van der Waals surface area contributed by atoms with Crippen molar-refractivity contribution in [2.45, 2.75) is 106 Å². The Bertz CT molecular complexity index is 1300. The van der Waals surface area contributed by atoms with E-state index in [1.54, 1.807) is 13.0 Å². The van der Waals surface area contributed by atoms with Gasteiger partial charge in [0.25, 0.3) is 0 Å². The van der Waals surface area contributed by atoms with Crippen LogP contribution in [-0.2, 0) is 14.6 Å². The van der Waals surface area contributed by atoms with Gasteiger partial charge in [-0.3, -0.25) is 0 Å². The zero-order valence-electron chi connectivity index (χ0n) is 21.1. The zero-order valence-corrected chi connectivity index (χ0v) is 21.9. The van der Waals surface area contributed by atoms with Gasteiger partial charge in [-0.25, -0.2) is 28.2 Å². The standard InChI is InChI=1S/C26H32N4O6S/c1-15-24(34-20-12-17-6-7-18(13-20)30(17)26(31)35-19-4-3-5-19)27-14-28-25(15)36-22-10-11-23(29-16(22)2)37(32,33)21-8-9-21/h10-11,14,17-21H,3-9,12-13H2,1-2H3/t17-,18?,20+/m0/s1. The van der Waals surface area contributed by atoms with Crippen molar-refractivity contribution in [2.24, 2.45) is 0 Å². The van der Waals surface area contributed by atoms with Crippen LogP contribution in [0.4, 0.5) is 4.79 Å². The van der Waals surface area contributed by atoms with Gasteiger partial charge in [0.15, 0.2) is 20.6 Å². The molecule has 0 aromatic carbocycles. The molecule has 2 saturated carbocycles. The first-order chi connectivity index (χ1) is 17.8. The maximum Gasteiger partial charge on any atom is 0.410 e. The zero-order chi connectivity index (χ0) is 25.7. The van der Waals surface area contributed by atoms with E-state index in [1.165, 1.54) is 12.4 Å². The highest BCUT2D eigenvalue weighted by molar-refractivity contribution is 7.92. The van der Waals surface area contributed by atoms with E-state index in [9.17, 15) is 13.2 Å². The summed E-state index contributed by atoms with van der Waals surface area (Å²) in [6, 6.07) is 3.35. The normalized spacial score (nSPS) is 25.5. The third-order valence-corrected chi connectivity index (χ3v) is 10.1. The molecule has 0 radical (unpaired) electrons. The second-order valence-corrected chi connectivity index (χ2v) is 12.8. The number of aromatic nitrogens is 3. The van der Waals surface area contributed by atoms with Gasteiger partial charge < -0.3 is 19.1 Å². The first-order valence-electron chi connectivity index (χ1n) is 13.2. The number of aryl methyl sites for hydroxylation is 1. The summed E-state index contributed by atoms with van der Waals surface area (Å²) in [4.78, 5) is 27.6. The van der Waals surface area contributed by atoms with Crippen molar-refractivity contribution < 1.29 is 27.4 Å². The number of carbonyl (C=O) groups excluding carboxylic acids is 1. The molecule has 2 aromatic heterocycles. The van der Waals surface area contributed by atoms with Crippen LogP contribution in [-0.4, -0.2) is 63.9 Å². The van der Waals surface area contributed by atoms with Gasteiger partial charge in [0, 0.05) is 24.9 Å². The monoisotopic (exact) mass is 528 g/mol. The molecule has 4 fully saturated rings. The summed E-state index contributed by atoms with van der Waals surface area (Å²) in [5.41, 5.74) is 1.12. The Hall–Kier alpha value is -2.95. The predicted molar refractivity (Wildman–Crippen MR) is 132 cm³/mol. The number of piperidine rings is 1. The van der Waals surface area contributed by atoms with Crippen LogP contribution >= 0.6 is 0 Å². The summed E-state index contributed by atoms with van der Waals surface area (Å²) in [5, 5.41) is -0.230. The van der Waals surface area contributed by atoms with Crippen LogP contribution in [0.3, 0.4) is 0 Å². The van der Waals surface area contributed by atoms with Crippen LogP contribution < -0.4 is 9.47 Å². The molecule has 0 N–H and O–H groups in total. The minimum Gasteiger partial charge on any atom is -0.474 e. The number of hydrogen-bond acceptors (Lipinski definition) is 9. The fourth-order valence-electron chi connectivity index (χ4n) is 5.46. The van der Waals surface area contributed by atoms with Gasteiger partial charge in [-0.2, -0.15) is 0 Å². The van der Waals surface area contributed by atoms with Crippen molar-refractivity contribution in [1.29, 1.82) is 0 Å². The first-order valence-corrected chi connectivity index (χ1v) is 14.7. The molecule has 2 aromatic rings. The summed E-state index contributed by atoms with van der Waals surface area (Å²) in [7, 11) is -3.37. The molecular weight excluding hydrogens is 496 g/mol. The lowest BCUT2D eigenvalue weighted by molar-refractivity contribution is -0.00517. The molecule has 6 rings (SSSR count). The van der Waals surface area contributed by atoms with Crippen molar-refractivity contribution in [3.8, 4) is 17.5 Å². The second kappa shape index (κ2) is 9.41. The van der Waals surface area contributed by atoms with E-state index >= 15 is 0 Å². The fourth-order valence-corrected chi connectivity index (χ4v) is 7.08. The van der Waals surface area contributed by atoms with Crippen molar-refractivity contribution in [3.63, 3.8) is 0 Å². The molecule has 1 unspecified atom stereocenters. The Kier molecular flexibility index (Phi) is 6.21. The summed E-state index contributed by atoms with van der Waals surface area (Å²) in [6.07, 6.45) is 9.07. The number of sulfone groups is 1. The summed E-state index contributed by atoms with van der Waals surface area (Å²) < 4.78 is 43.0. The number of rotatable bonds is 7. The maximum atomic E-state index is 12.7. The molecule has 2 aliphatic heterocycles. The van der Waals surface area contributed by atoms with Crippen LogP contribution in [0.1, 0.15) is 69.0 Å². The van der Waals surface area contributed by atoms with E-state index in [1.807, 2.05) is 11.8 Å². The lowest BCUT2D eigenvalue weighted by Gasteiger charge is -2.39. The largest absolute Gasteiger partial charge is 0.474 e. The SMILES string of the molecule is Cc1nc(S(=O)(=O)C2CC2)ccc1Oc1ncnc(O[C@H]2CC3CC[C@@H](C2)N3C(=O)OC2CCC2)c1C. The molecule has 0 spiro atoms. The highest BCUT2D eigenvalue weighted by Gasteiger charge is 2.46. The molecule has 198 valence electrons. The lowest BCUT2D eigenvalue weighted by atomic mass is 9.96. The smallest absolute Gasteiger partial charge is 0.410 e. The van der Waals surface area contributed by atoms with Crippen LogP contribution in [0.5, 0.6) is 17.5 Å². The van der Waals surface area contributed by atoms with Crippen LogP contribution in [0.15, 0.2) is 23.5 Å². The van der Waals surface area contributed by atoms with Gasteiger partial charge in [0.1, 0.15) is 18.5 Å². The minimum atomic E-state index is -3.37. The van der Waals surface area contributed by atoms with E-state index in [-0.39, 0.29) is 40.7 Å². The topological polar surface area (TPSA) is 121 Å². The Labute approximate surface area is 216 Å². The van der Waals surface area contributed by atoms with Crippen molar-refractivity contribution in [1.82, 2.24) is 19.9 Å². The van der Waals surface area contributed by atoms with Gasteiger partial charge in [-0.15, -0.1) is 0 Å². The van der Waals surface area contributed by atoms with Crippen molar-refractivity contribution >= 4 is 15.9 Å². The molecule has 2 aliphatic carbocycles. The summed E-state index contributed by atoms with van der Waals surface area (Å²) >= 11 is 0. The number of fused-ring (bicyclic) bond motifs is 2. The molecule has 3 atom stereocenters. The molecular formula is C26H32N4O6S. The van der Waals surface area contributed by atoms with E-state index in [0.717, 1.165) is 44.9 Å². The minimum absolute atomic E-state index is 0.0676. The van der Waals surface area contributed by atoms with Gasteiger partial charge in [-0.05, 0) is 70.9 Å². The number of ether oxygens (including phenoxy) is 3. The molecule has 4 aliphatic rings. The summed E-state index contributed by atoms with van der Waals surface area (Å²) in [5.74, 6) is 1.20. The van der Waals surface area contributed by atoms with Gasteiger partial charge in [-0.1, -0.05) is 0 Å². The van der Waals surface area contributed by atoms with Crippen molar-refractivity contribution in [3.05, 3.63) is 29.7 Å². The molecule has 4 heterocycles. The van der Waals surface area contributed by atoms with Crippen LogP contribution in [0, 0.1) is 13.8 Å². The second-order valence-electron chi connectivity index (χ2n) is 10.6. The Morgan fingerprint density at radius 3 is 2.27 bits per heavy atom. The third-order valence-electron chi connectivity index (χ3n) is 7.96.